The summed E-state index contributed by atoms with van der Waals surface area (Å²) in [6.07, 6.45) is -4.33. The van der Waals surface area contributed by atoms with Crippen LogP contribution in [0, 0.1) is 6.92 Å². The minimum atomic E-state index is -4.43. The van der Waals surface area contributed by atoms with Crippen molar-refractivity contribution in [2.75, 3.05) is 5.32 Å². The van der Waals surface area contributed by atoms with E-state index in [2.05, 4.69) is 14.7 Å². The fraction of sp³-hybridized carbons (Fsp3) is 0.136. The van der Waals surface area contributed by atoms with Crippen LogP contribution < -0.4 is 5.32 Å². The quantitative estimate of drug-likeness (QED) is 0.443. The maximum Gasteiger partial charge on any atom is 0.416 e. The molecule has 1 N–H and O–H groups in total. The van der Waals surface area contributed by atoms with Crippen LogP contribution in [-0.4, -0.2) is 15.3 Å². The molecule has 4 nitrogen and oxygen atoms in total. The average molecular weight is 427 g/mol. The second-order valence-electron chi connectivity index (χ2n) is 6.82. The zero-order valence-corrected chi connectivity index (χ0v) is 16.6. The highest BCUT2D eigenvalue weighted by atomic mass is 32.1. The number of para-hydroxylation sites is 1. The van der Waals surface area contributed by atoms with Gasteiger partial charge in [0.2, 0.25) is 5.91 Å². The number of halogens is 3. The van der Waals surface area contributed by atoms with Crippen LogP contribution in [0.25, 0.3) is 22.2 Å². The molecular weight excluding hydrogens is 411 g/mol. The number of fused-ring (bicyclic) bond motifs is 1. The smallest absolute Gasteiger partial charge is 0.316 e. The summed E-state index contributed by atoms with van der Waals surface area (Å²) in [5, 5.41) is 4.28. The topological polar surface area (TPSA) is 54.9 Å². The predicted molar refractivity (Wildman–Crippen MR) is 111 cm³/mol. The number of hydrogen-bond acceptors (Lipinski definition) is 4. The van der Waals surface area contributed by atoms with Crippen LogP contribution in [0.3, 0.4) is 0 Å². The maximum absolute atomic E-state index is 13.1. The van der Waals surface area contributed by atoms with Gasteiger partial charge in [0, 0.05) is 10.9 Å². The molecule has 0 spiro atoms. The maximum atomic E-state index is 13.1. The van der Waals surface area contributed by atoms with E-state index in [4.69, 9.17) is 0 Å². The first kappa shape index (κ1) is 20.0. The Labute approximate surface area is 174 Å². The zero-order valence-electron chi connectivity index (χ0n) is 15.8. The third-order valence-corrected chi connectivity index (χ3v) is 5.33. The summed E-state index contributed by atoms with van der Waals surface area (Å²) in [5.74, 6) is -0.211. The minimum absolute atomic E-state index is 0.0906. The van der Waals surface area contributed by atoms with E-state index in [0.717, 1.165) is 23.2 Å². The third kappa shape index (κ3) is 4.33. The molecule has 0 saturated heterocycles. The normalized spacial score (nSPS) is 11.6. The predicted octanol–water partition coefficient (Wildman–Crippen LogP) is 5.87. The van der Waals surface area contributed by atoms with Crippen LogP contribution in [0.4, 0.5) is 18.2 Å². The molecule has 2 aromatic carbocycles. The number of nitrogens with one attached hydrogen (secondary N) is 1. The highest BCUT2D eigenvalue weighted by Gasteiger charge is 2.30. The van der Waals surface area contributed by atoms with E-state index in [1.807, 2.05) is 19.1 Å². The molecule has 0 atom stereocenters. The minimum Gasteiger partial charge on any atom is -0.316 e. The highest BCUT2D eigenvalue weighted by molar-refractivity contribution is 7.10. The van der Waals surface area contributed by atoms with Crippen LogP contribution in [0.2, 0.25) is 0 Å². The van der Waals surface area contributed by atoms with Crippen molar-refractivity contribution in [3.05, 3.63) is 77.5 Å². The van der Waals surface area contributed by atoms with Crippen molar-refractivity contribution >= 4 is 33.3 Å². The van der Waals surface area contributed by atoms with Crippen LogP contribution in [-0.2, 0) is 17.4 Å². The van der Waals surface area contributed by atoms with Gasteiger partial charge in [-0.2, -0.15) is 17.5 Å². The molecule has 2 aromatic heterocycles. The van der Waals surface area contributed by atoms with E-state index in [1.54, 1.807) is 30.3 Å². The lowest BCUT2D eigenvalue weighted by Crippen LogP contribution is -2.14. The number of anilines is 1. The number of pyridine rings is 1. The number of rotatable bonds is 4. The number of aromatic nitrogens is 2. The van der Waals surface area contributed by atoms with E-state index in [-0.39, 0.29) is 12.3 Å². The molecule has 152 valence electrons. The van der Waals surface area contributed by atoms with Gasteiger partial charge in [0.1, 0.15) is 5.00 Å². The first-order valence-corrected chi connectivity index (χ1v) is 9.86. The molecule has 0 aliphatic heterocycles. The van der Waals surface area contributed by atoms with Gasteiger partial charge >= 0.3 is 6.18 Å². The summed E-state index contributed by atoms with van der Waals surface area (Å²) < 4.78 is 43.3. The molecule has 4 rings (SSSR count). The largest absolute Gasteiger partial charge is 0.416 e. The summed E-state index contributed by atoms with van der Waals surface area (Å²) in [5.41, 5.74) is 2.16. The monoisotopic (exact) mass is 427 g/mol. The molecule has 0 aliphatic rings. The lowest BCUT2D eigenvalue weighted by atomic mass is 10.0. The third-order valence-electron chi connectivity index (χ3n) is 4.53. The number of carbonyl (C=O) groups is 1. The Morgan fingerprint density at radius 3 is 2.60 bits per heavy atom. The molecule has 1 amide bonds. The number of hydrogen-bond donors (Lipinski definition) is 1. The molecule has 0 fully saturated rings. The molecular formula is C22H16F3N3OS. The van der Waals surface area contributed by atoms with Crippen molar-refractivity contribution in [1.82, 2.24) is 9.36 Å². The highest BCUT2D eigenvalue weighted by Crippen LogP contribution is 2.32. The van der Waals surface area contributed by atoms with Gasteiger partial charge in [-0.15, -0.1) is 0 Å². The van der Waals surface area contributed by atoms with Gasteiger partial charge in [0.15, 0.2) is 0 Å². The Bertz CT molecular complexity index is 1230. The van der Waals surface area contributed by atoms with E-state index in [1.165, 1.54) is 17.6 Å². The Morgan fingerprint density at radius 1 is 1.07 bits per heavy atom. The molecule has 0 bridgehead atoms. The molecule has 0 radical (unpaired) electrons. The number of amides is 1. The number of benzene rings is 2. The SMILES string of the molecule is Cc1cc(NC(=O)Cc2cccc3ccc(-c4cccc(C(F)(F)F)c4)nc23)sn1. The Hall–Kier alpha value is -3.26. The van der Waals surface area contributed by atoms with Crippen molar-refractivity contribution in [1.29, 1.82) is 0 Å². The number of carbonyl (C=O) groups excluding carboxylic acids is 1. The first-order valence-electron chi connectivity index (χ1n) is 9.09. The van der Waals surface area contributed by atoms with Crippen molar-refractivity contribution in [3.8, 4) is 11.3 Å². The van der Waals surface area contributed by atoms with Gasteiger partial charge in [0.25, 0.3) is 0 Å². The fourth-order valence-corrected chi connectivity index (χ4v) is 3.82. The van der Waals surface area contributed by atoms with Crippen LogP contribution in [0.15, 0.2) is 60.7 Å². The van der Waals surface area contributed by atoms with Crippen LogP contribution >= 0.6 is 11.5 Å². The van der Waals surface area contributed by atoms with E-state index in [9.17, 15) is 18.0 Å². The Balaban J connectivity index is 1.66. The molecule has 0 saturated carbocycles. The number of alkyl halides is 3. The summed E-state index contributed by atoms with van der Waals surface area (Å²) in [7, 11) is 0. The molecule has 4 aromatic rings. The standard InChI is InChI=1S/C22H16F3N3OS/c1-13-10-20(30-28-13)27-19(29)12-16-6-2-4-14-8-9-18(26-21(14)16)15-5-3-7-17(11-15)22(23,24)25/h2-11H,12H2,1H3,(H,27,29). The molecule has 2 heterocycles. The number of nitrogens with zero attached hydrogens (tertiary/aromatic N) is 2. The van der Waals surface area contributed by atoms with Gasteiger partial charge in [-0.25, -0.2) is 4.98 Å². The summed E-state index contributed by atoms with van der Waals surface area (Å²) in [4.78, 5) is 17.0. The van der Waals surface area contributed by atoms with Gasteiger partial charge in [-0.05, 0) is 48.3 Å². The second kappa shape index (κ2) is 7.87. The van der Waals surface area contributed by atoms with Crippen molar-refractivity contribution in [2.24, 2.45) is 0 Å². The lowest BCUT2D eigenvalue weighted by Gasteiger charge is -2.10. The van der Waals surface area contributed by atoms with Gasteiger partial charge in [-0.3, -0.25) is 4.79 Å². The summed E-state index contributed by atoms with van der Waals surface area (Å²) in [6.45, 7) is 1.84. The molecule has 0 aliphatic carbocycles. The molecule has 8 heteroatoms. The van der Waals surface area contributed by atoms with Gasteiger partial charge in [-0.1, -0.05) is 36.4 Å². The summed E-state index contributed by atoms with van der Waals surface area (Å²) in [6, 6.07) is 15.8. The first-order chi connectivity index (χ1) is 14.3. The van der Waals surface area contributed by atoms with E-state index in [0.29, 0.717) is 27.3 Å². The van der Waals surface area contributed by atoms with Crippen molar-refractivity contribution in [3.63, 3.8) is 0 Å². The lowest BCUT2D eigenvalue weighted by molar-refractivity contribution is -0.137. The zero-order chi connectivity index (χ0) is 21.3. The second-order valence-corrected chi connectivity index (χ2v) is 7.63. The van der Waals surface area contributed by atoms with Crippen LogP contribution in [0.1, 0.15) is 16.8 Å². The van der Waals surface area contributed by atoms with Crippen molar-refractivity contribution < 1.29 is 18.0 Å². The van der Waals surface area contributed by atoms with Gasteiger partial charge in [0.05, 0.1) is 28.9 Å². The average Bonchev–Trinajstić information content (AvgIpc) is 3.12. The molecule has 30 heavy (non-hydrogen) atoms. The Morgan fingerprint density at radius 2 is 1.87 bits per heavy atom. The van der Waals surface area contributed by atoms with Gasteiger partial charge < -0.3 is 5.32 Å². The number of aryl methyl sites for hydroxylation is 1. The van der Waals surface area contributed by atoms with E-state index >= 15 is 0 Å². The fourth-order valence-electron chi connectivity index (χ4n) is 3.14. The molecule has 0 unspecified atom stereocenters. The summed E-state index contributed by atoms with van der Waals surface area (Å²) >= 11 is 1.21. The van der Waals surface area contributed by atoms with E-state index < -0.39 is 11.7 Å². The van der Waals surface area contributed by atoms with Crippen LogP contribution in [0.5, 0.6) is 0 Å². The Kier molecular flexibility index (Phi) is 5.26. The van der Waals surface area contributed by atoms with Crippen molar-refractivity contribution in [2.45, 2.75) is 19.5 Å².